The van der Waals surface area contributed by atoms with Crippen molar-refractivity contribution in [1.82, 2.24) is 4.90 Å². The van der Waals surface area contributed by atoms with Crippen molar-refractivity contribution in [2.45, 2.75) is 6.92 Å². The molecule has 1 amide bonds. The number of amides is 1. The highest BCUT2D eigenvalue weighted by Crippen LogP contribution is 2.19. The lowest BCUT2D eigenvalue weighted by molar-refractivity contribution is -0.143. The van der Waals surface area contributed by atoms with E-state index in [0.717, 1.165) is 11.3 Å². The lowest BCUT2D eigenvalue weighted by atomic mass is 10.2. The smallest absolute Gasteiger partial charge is 0.325 e. The van der Waals surface area contributed by atoms with Crippen molar-refractivity contribution in [3.05, 3.63) is 35.5 Å². The highest BCUT2D eigenvalue weighted by atomic mass is 16.5. The Balaban J connectivity index is 2.19. The number of benzene rings is 1. The van der Waals surface area contributed by atoms with E-state index in [1.54, 1.807) is 32.2 Å². The molecule has 0 aliphatic carbocycles. The lowest BCUT2D eigenvalue weighted by Crippen LogP contribution is -2.35. The van der Waals surface area contributed by atoms with E-state index in [2.05, 4.69) is 9.73 Å². The molecule has 0 atom stereocenters. The summed E-state index contributed by atoms with van der Waals surface area (Å²) in [5.41, 5.74) is 1.12. The van der Waals surface area contributed by atoms with Gasteiger partial charge in [-0.15, -0.1) is 0 Å². The molecule has 0 unspecified atom stereocenters. The fourth-order valence-electron chi connectivity index (χ4n) is 1.90. The molecule has 110 valence electrons. The third kappa shape index (κ3) is 3.28. The summed E-state index contributed by atoms with van der Waals surface area (Å²) in [5, 5.41) is 0. The summed E-state index contributed by atoms with van der Waals surface area (Å²) in [5.74, 6) is 0.421. The van der Waals surface area contributed by atoms with Crippen molar-refractivity contribution in [1.29, 1.82) is 0 Å². The van der Waals surface area contributed by atoms with E-state index < -0.39 is 5.97 Å². The first kappa shape index (κ1) is 14.8. The number of rotatable bonds is 4. The first-order chi connectivity index (χ1) is 10.0. The van der Waals surface area contributed by atoms with Crippen LogP contribution in [0.15, 0.2) is 35.0 Å². The molecule has 1 aromatic rings. The van der Waals surface area contributed by atoms with Crippen LogP contribution >= 0.6 is 0 Å². The number of carbonyl (C=O) groups excluding carboxylic acids is 2. The number of hydrogen-bond donors (Lipinski definition) is 0. The van der Waals surface area contributed by atoms with E-state index in [1.807, 2.05) is 12.1 Å². The molecular formula is C15H16N2O4. The first-order valence-corrected chi connectivity index (χ1v) is 6.35. The molecule has 6 heteroatoms. The van der Waals surface area contributed by atoms with Crippen LogP contribution in [0.1, 0.15) is 12.5 Å². The summed E-state index contributed by atoms with van der Waals surface area (Å²) in [7, 11) is 2.87. The zero-order valence-corrected chi connectivity index (χ0v) is 12.1. The quantitative estimate of drug-likeness (QED) is 0.621. The molecule has 0 aromatic heterocycles. The van der Waals surface area contributed by atoms with Crippen molar-refractivity contribution in [3.8, 4) is 5.75 Å². The highest BCUT2D eigenvalue weighted by molar-refractivity contribution is 6.14. The van der Waals surface area contributed by atoms with Gasteiger partial charge in [0.25, 0.3) is 5.91 Å². The number of esters is 1. The molecule has 1 aliphatic rings. The fourth-order valence-corrected chi connectivity index (χ4v) is 1.90. The van der Waals surface area contributed by atoms with Crippen LogP contribution in [0.4, 0.5) is 0 Å². The average molecular weight is 288 g/mol. The van der Waals surface area contributed by atoms with Crippen LogP contribution in [-0.4, -0.2) is 43.4 Å². The molecule has 1 aliphatic heterocycles. The molecule has 0 N–H and O–H groups in total. The molecule has 0 saturated heterocycles. The molecule has 2 rings (SSSR count). The third-order valence-corrected chi connectivity index (χ3v) is 3.07. The number of ether oxygens (including phenoxy) is 2. The van der Waals surface area contributed by atoms with Crippen molar-refractivity contribution < 1.29 is 19.1 Å². The summed E-state index contributed by atoms with van der Waals surface area (Å²) in [6.45, 7) is 1.54. The van der Waals surface area contributed by atoms with Crippen LogP contribution in [0.3, 0.4) is 0 Å². The van der Waals surface area contributed by atoms with Crippen molar-refractivity contribution in [2.75, 3.05) is 20.8 Å². The zero-order valence-electron chi connectivity index (χ0n) is 12.1. The summed E-state index contributed by atoms with van der Waals surface area (Å²) in [6, 6.07) is 7.25. The summed E-state index contributed by atoms with van der Waals surface area (Å²) in [6.07, 6.45) is 1.67. The number of carbonyl (C=O) groups is 2. The van der Waals surface area contributed by atoms with Gasteiger partial charge in [-0.1, -0.05) is 12.1 Å². The molecular weight excluding hydrogens is 272 g/mol. The van der Waals surface area contributed by atoms with Crippen LogP contribution in [0, 0.1) is 0 Å². The second kappa shape index (κ2) is 6.21. The number of aliphatic imine (C=N–C) groups is 1. The van der Waals surface area contributed by atoms with Gasteiger partial charge in [-0.3, -0.25) is 14.5 Å². The van der Waals surface area contributed by atoms with Gasteiger partial charge >= 0.3 is 5.97 Å². The molecule has 1 heterocycles. The van der Waals surface area contributed by atoms with Gasteiger partial charge in [-0.25, -0.2) is 4.99 Å². The molecule has 6 nitrogen and oxygen atoms in total. The van der Waals surface area contributed by atoms with Crippen LogP contribution in [0.25, 0.3) is 6.08 Å². The maximum atomic E-state index is 12.2. The summed E-state index contributed by atoms with van der Waals surface area (Å²) < 4.78 is 9.64. The van der Waals surface area contributed by atoms with Gasteiger partial charge < -0.3 is 9.47 Å². The molecule has 0 radical (unpaired) electrons. The number of amidine groups is 1. The average Bonchev–Trinajstić information content (AvgIpc) is 2.75. The van der Waals surface area contributed by atoms with Crippen LogP contribution in [-0.2, 0) is 14.3 Å². The fraction of sp³-hybridized carbons (Fsp3) is 0.267. The van der Waals surface area contributed by atoms with E-state index in [4.69, 9.17) is 4.74 Å². The minimum absolute atomic E-state index is 0.134. The number of hydrogen-bond acceptors (Lipinski definition) is 5. The maximum Gasteiger partial charge on any atom is 0.325 e. The van der Waals surface area contributed by atoms with Crippen LogP contribution < -0.4 is 4.74 Å². The van der Waals surface area contributed by atoms with Crippen molar-refractivity contribution >= 4 is 23.8 Å². The Morgan fingerprint density at radius 3 is 2.52 bits per heavy atom. The van der Waals surface area contributed by atoms with Crippen LogP contribution in [0.5, 0.6) is 5.75 Å². The Morgan fingerprint density at radius 1 is 1.29 bits per heavy atom. The predicted molar refractivity (Wildman–Crippen MR) is 77.8 cm³/mol. The minimum Gasteiger partial charge on any atom is -0.497 e. The second-order valence-electron chi connectivity index (χ2n) is 4.43. The number of nitrogens with zero attached hydrogens (tertiary/aromatic N) is 2. The molecule has 0 fully saturated rings. The van der Waals surface area contributed by atoms with Gasteiger partial charge in [0.2, 0.25) is 0 Å². The lowest BCUT2D eigenvalue weighted by Gasteiger charge is -2.13. The third-order valence-electron chi connectivity index (χ3n) is 3.07. The SMILES string of the molecule is COC(=O)CN1C(=O)/C(=C/c2ccc(OC)cc2)N=C1C. The number of methoxy groups -OCH3 is 2. The van der Waals surface area contributed by atoms with Crippen molar-refractivity contribution in [2.24, 2.45) is 4.99 Å². The minimum atomic E-state index is -0.483. The monoisotopic (exact) mass is 288 g/mol. The Labute approximate surface area is 122 Å². The second-order valence-corrected chi connectivity index (χ2v) is 4.43. The highest BCUT2D eigenvalue weighted by Gasteiger charge is 2.29. The van der Waals surface area contributed by atoms with Crippen molar-refractivity contribution in [3.63, 3.8) is 0 Å². The van der Waals surface area contributed by atoms with E-state index in [1.165, 1.54) is 12.0 Å². The van der Waals surface area contributed by atoms with E-state index >= 15 is 0 Å². The van der Waals surface area contributed by atoms with E-state index in [0.29, 0.717) is 11.5 Å². The summed E-state index contributed by atoms with van der Waals surface area (Å²) >= 11 is 0. The van der Waals surface area contributed by atoms with E-state index in [9.17, 15) is 9.59 Å². The first-order valence-electron chi connectivity index (χ1n) is 6.35. The largest absolute Gasteiger partial charge is 0.497 e. The topological polar surface area (TPSA) is 68.2 Å². The predicted octanol–water partition coefficient (Wildman–Crippen LogP) is 1.47. The van der Waals surface area contributed by atoms with Gasteiger partial charge in [0.1, 0.15) is 23.8 Å². The Morgan fingerprint density at radius 2 is 1.95 bits per heavy atom. The molecule has 0 bridgehead atoms. The van der Waals surface area contributed by atoms with E-state index in [-0.39, 0.29) is 12.5 Å². The van der Waals surface area contributed by atoms with Crippen LogP contribution in [0.2, 0.25) is 0 Å². The molecule has 0 spiro atoms. The van der Waals surface area contributed by atoms with Gasteiger partial charge in [0.15, 0.2) is 0 Å². The normalized spacial score (nSPS) is 16.1. The Bertz CT molecular complexity index is 617. The standard InChI is InChI=1S/C15H16N2O4/c1-10-16-13(15(19)17(10)9-14(18)21-3)8-11-4-6-12(20-2)7-5-11/h4-8H,9H2,1-3H3/b13-8-. The summed E-state index contributed by atoms with van der Waals surface area (Å²) in [4.78, 5) is 29.0. The zero-order chi connectivity index (χ0) is 15.4. The maximum absolute atomic E-state index is 12.2. The van der Waals surface area contributed by atoms with Gasteiger partial charge in [-0.05, 0) is 30.7 Å². The van der Waals surface area contributed by atoms with Gasteiger partial charge in [0, 0.05) is 0 Å². The Kier molecular flexibility index (Phi) is 4.37. The Hall–Kier alpha value is -2.63. The molecule has 21 heavy (non-hydrogen) atoms. The molecule has 0 saturated carbocycles. The van der Waals surface area contributed by atoms with Gasteiger partial charge in [0.05, 0.1) is 14.2 Å². The molecule has 1 aromatic carbocycles. The van der Waals surface area contributed by atoms with Gasteiger partial charge in [-0.2, -0.15) is 0 Å².